The average molecular weight is 455 g/mol. The summed E-state index contributed by atoms with van der Waals surface area (Å²) >= 11 is 0. The summed E-state index contributed by atoms with van der Waals surface area (Å²) in [5, 5.41) is 18.7. The maximum atomic E-state index is 15.8. The van der Waals surface area contributed by atoms with Gasteiger partial charge in [0.2, 0.25) is 5.88 Å². The predicted molar refractivity (Wildman–Crippen MR) is 126 cm³/mol. The summed E-state index contributed by atoms with van der Waals surface area (Å²) in [5.41, 5.74) is 1.14. The monoisotopic (exact) mass is 455 g/mol. The molecule has 4 aromatic rings. The number of rotatable bonds is 4. The Morgan fingerprint density at radius 2 is 1.82 bits per heavy atom. The molecule has 0 N–H and O–H groups in total. The van der Waals surface area contributed by atoms with Gasteiger partial charge in [0.15, 0.2) is 5.82 Å². The lowest BCUT2D eigenvalue weighted by Gasteiger charge is -2.18. The number of imidazole rings is 1. The van der Waals surface area contributed by atoms with E-state index in [2.05, 4.69) is 11.1 Å². The highest BCUT2D eigenvalue weighted by molar-refractivity contribution is 5.85. The molecular formula is C26H22FN5O2. The van der Waals surface area contributed by atoms with Gasteiger partial charge in [-0.2, -0.15) is 10.5 Å². The molecule has 8 heteroatoms. The Bertz CT molecular complexity index is 1560. The highest BCUT2D eigenvalue weighted by atomic mass is 19.1. The number of hydrogen-bond acceptors (Lipinski definition) is 5. The first-order valence-electron chi connectivity index (χ1n) is 10.6. The molecule has 170 valence electrons. The van der Waals surface area contributed by atoms with Crippen molar-refractivity contribution >= 4 is 11.0 Å². The Kier molecular flexibility index (Phi) is 5.68. The van der Waals surface area contributed by atoms with Gasteiger partial charge in [0, 0.05) is 30.8 Å². The topological polar surface area (TPSA) is 96.6 Å². The van der Waals surface area contributed by atoms with E-state index in [4.69, 9.17) is 10.00 Å². The van der Waals surface area contributed by atoms with E-state index in [-0.39, 0.29) is 39.3 Å². The summed E-state index contributed by atoms with van der Waals surface area (Å²) in [4.78, 5) is 16.9. The molecule has 4 rings (SSSR count). The molecule has 0 unspecified atom stereocenters. The van der Waals surface area contributed by atoms with Crippen LogP contribution in [-0.4, -0.2) is 14.1 Å². The number of fused-ring (bicyclic) bond motifs is 1. The summed E-state index contributed by atoms with van der Waals surface area (Å²) < 4.78 is 24.5. The molecule has 0 saturated heterocycles. The smallest absolute Gasteiger partial charge is 0.328 e. The number of pyridine rings is 1. The van der Waals surface area contributed by atoms with Gasteiger partial charge in [0.25, 0.3) is 0 Å². The van der Waals surface area contributed by atoms with E-state index >= 15 is 4.39 Å². The van der Waals surface area contributed by atoms with Gasteiger partial charge >= 0.3 is 5.69 Å². The maximum Gasteiger partial charge on any atom is 0.328 e. The lowest BCUT2D eigenvalue weighted by Crippen LogP contribution is -2.27. The van der Waals surface area contributed by atoms with Crippen molar-refractivity contribution in [2.75, 3.05) is 0 Å². The molecular weight excluding hydrogens is 433 g/mol. The number of hydrogen-bond donors (Lipinski definition) is 0. The minimum absolute atomic E-state index is 0.172. The zero-order valence-corrected chi connectivity index (χ0v) is 19.3. The van der Waals surface area contributed by atoms with Crippen molar-refractivity contribution in [2.24, 2.45) is 12.5 Å². The Balaban J connectivity index is 1.85. The minimum Gasteiger partial charge on any atom is -0.439 e. The lowest BCUT2D eigenvalue weighted by atomic mass is 9.96. The van der Waals surface area contributed by atoms with E-state index in [1.165, 1.54) is 17.7 Å². The Morgan fingerprint density at radius 1 is 1.06 bits per heavy atom. The van der Waals surface area contributed by atoms with Crippen LogP contribution in [0.15, 0.2) is 53.3 Å². The normalized spacial score (nSPS) is 11.3. The molecule has 2 aromatic heterocycles. The van der Waals surface area contributed by atoms with Gasteiger partial charge in [-0.1, -0.05) is 26.8 Å². The molecule has 0 radical (unpaired) electrons. The van der Waals surface area contributed by atoms with Crippen molar-refractivity contribution in [1.82, 2.24) is 14.1 Å². The fourth-order valence-electron chi connectivity index (χ4n) is 3.87. The standard InChI is InChI=1S/C26H22FN5O2/c1-26(2,3)15-32-21-11-10-19(23(27)24(21)31(4)25(32)33)20-12-18(9-8-16(20)13-28)34-22-7-5-6-17(14-29)30-22/h5-12H,15H2,1-4H3. The van der Waals surface area contributed by atoms with E-state index in [0.29, 0.717) is 23.4 Å². The van der Waals surface area contributed by atoms with Crippen molar-refractivity contribution in [3.05, 3.63) is 76.1 Å². The lowest BCUT2D eigenvalue weighted by molar-refractivity contribution is 0.342. The number of benzene rings is 2. The number of nitriles is 2. The number of nitrogens with zero attached hydrogens (tertiary/aromatic N) is 5. The first-order chi connectivity index (χ1) is 16.1. The second kappa shape index (κ2) is 8.49. The Hall–Kier alpha value is -4.43. The Labute approximate surface area is 195 Å². The van der Waals surface area contributed by atoms with E-state index < -0.39 is 5.82 Å². The van der Waals surface area contributed by atoms with Crippen LogP contribution in [0.2, 0.25) is 0 Å². The molecule has 34 heavy (non-hydrogen) atoms. The van der Waals surface area contributed by atoms with Crippen molar-refractivity contribution in [3.63, 3.8) is 0 Å². The fourth-order valence-corrected chi connectivity index (χ4v) is 3.87. The van der Waals surface area contributed by atoms with E-state index in [0.717, 1.165) is 0 Å². The molecule has 0 atom stereocenters. The minimum atomic E-state index is -0.594. The van der Waals surface area contributed by atoms with Gasteiger partial charge in [-0.3, -0.25) is 9.13 Å². The molecule has 0 bridgehead atoms. The zero-order chi connectivity index (χ0) is 24.6. The fraction of sp³-hybridized carbons (Fsp3) is 0.231. The van der Waals surface area contributed by atoms with Gasteiger partial charge in [-0.05, 0) is 41.8 Å². The zero-order valence-electron chi connectivity index (χ0n) is 19.3. The molecule has 0 amide bonds. The number of aromatic nitrogens is 3. The van der Waals surface area contributed by atoms with Crippen LogP contribution >= 0.6 is 0 Å². The van der Waals surface area contributed by atoms with Crippen LogP contribution in [0.1, 0.15) is 32.0 Å². The van der Waals surface area contributed by atoms with Crippen molar-refractivity contribution in [3.8, 4) is 34.9 Å². The van der Waals surface area contributed by atoms with Gasteiger partial charge in [-0.15, -0.1) is 0 Å². The quantitative estimate of drug-likeness (QED) is 0.425. The molecule has 0 spiro atoms. The van der Waals surface area contributed by atoms with E-state index in [1.54, 1.807) is 47.0 Å². The van der Waals surface area contributed by atoms with Crippen LogP contribution in [0.4, 0.5) is 4.39 Å². The first kappa shape index (κ1) is 22.8. The van der Waals surface area contributed by atoms with Crippen LogP contribution in [-0.2, 0) is 13.6 Å². The molecule has 2 aromatic carbocycles. The molecule has 0 aliphatic rings. The van der Waals surface area contributed by atoms with Crippen LogP contribution in [0.25, 0.3) is 22.2 Å². The maximum absolute atomic E-state index is 15.8. The number of halogens is 1. The van der Waals surface area contributed by atoms with Crippen molar-refractivity contribution in [1.29, 1.82) is 10.5 Å². The third-order valence-corrected chi connectivity index (χ3v) is 5.33. The molecule has 0 fully saturated rings. The third-order valence-electron chi connectivity index (χ3n) is 5.33. The number of ether oxygens (including phenoxy) is 1. The number of aryl methyl sites for hydroxylation is 1. The van der Waals surface area contributed by atoms with Crippen LogP contribution in [0.3, 0.4) is 0 Å². The van der Waals surface area contributed by atoms with Crippen molar-refractivity contribution < 1.29 is 9.13 Å². The second-order valence-electron chi connectivity index (χ2n) is 9.18. The van der Waals surface area contributed by atoms with E-state index in [1.807, 2.05) is 26.8 Å². The van der Waals surface area contributed by atoms with E-state index in [9.17, 15) is 10.1 Å². The van der Waals surface area contributed by atoms with Crippen molar-refractivity contribution in [2.45, 2.75) is 27.3 Å². The largest absolute Gasteiger partial charge is 0.439 e. The van der Waals surface area contributed by atoms with Crippen LogP contribution < -0.4 is 10.4 Å². The van der Waals surface area contributed by atoms with Gasteiger partial charge in [0.1, 0.15) is 23.0 Å². The summed E-state index contributed by atoms with van der Waals surface area (Å²) in [6.45, 7) is 6.46. The van der Waals surface area contributed by atoms with Gasteiger partial charge in [0.05, 0.1) is 17.1 Å². The average Bonchev–Trinajstić information content (AvgIpc) is 3.03. The molecule has 0 saturated carbocycles. The predicted octanol–water partition coefficient (Wildman–Crippen LogP) is 5.12. The molecule has 7 nitrogen and oxygen atoms in total. The summed E-state index contributed by atoms with van der Waals surface area (Å²) in [6, 6.07) is 16.8. The van der Waals surface area contributed by atoms with Gasteiger partial charge in [-0.25, -0.2) is 14.2 Å². The van der Waals surface area contributed by atoms with Crippen LogP contribution in [0.5, 0.6) is 11.6 Å². The van der Waals surface area contributed by atoms with Crippen LogP contribution in [0, 0.1) is 33.9 Å². The third kappa shape index (κ3) is 4.14. The highest BCUT2D eigenvalue weighted by Gasteiger charge is 2.22. The molecule has 0 aliphatic carbocycles. The van der Waals surface area contributed by atoms with Gasteiger partial charge < -0.3 is 4.74 Å². The SMILES string of the molecule is Cn1c(=O)n(CC(C)(C)C)c2ccc(-c3cc(Oc4cccc(C#N)n4)ccc3C#N)c(F)c21. The highest BCUT2D eigenvalue weighted by Crippen LogP contribution is 2.34. The summed E-state index contributed by atoms with van der Waals surface area (Å²) in [7, 11) is 1.54. The molecule has 0 aliphatic heterocycles. The Morgan fingerprint density at radius 3 is 2.50 bits per heavy atom. The second-order valence-corrected chi connectivity index (χ2v) is 9.18. The summed E-state index contributed by atoms with van der Waals surface area (Å²) in [5.74, 6) is -0.0643. The first-order valence-corrected chi connectivity index (χ1v) is 10.6. The molecule has 2 heterocycles. The summed E-state index contributed by atoms with van der Waals surface area (Å²) in [6.07, 6.45) is 0.